The van der Waals surface area contributed by atoms with Crippen molar-refractivity contribution in [3.8, 4) is 0 Å². The van der Waals surface area contributed by atoms with Gasteiger partial charge < -0.3 is 10.6 Å². The van der Waals surface area contributed by atoms with Crippen LogP contribution >= 0.6 is 0 Å². The Kier molecular flexibility index (Phi) is 4.56. The van der Waals surface area contributed by atoms with Crippen LogP contribution in [-0.2, 0) is 4.79 Å². The van der Waals surface area contributed by atoms with Gasteiger partial charge >= 0.3 is 0 Å². The van der Waals surface area contributed by atoms with Crippen molar-refractivity contribution >= 4 is 5.91 Å². The second-order valence-electron chi connectivity index (χ2n) is 5.23. The van der Waals surface area contributed by atoms with E-state index in [0.29, 0.717) is 13.1 Å². The number of carbonyl (C=O) groups is 1. The summed E-state index contributed by atoms with van der Waals surface area (Å²) in [5, 5.41) is 0. The topological polar surface area (TPSA) is 49.6 Å². The highest BCUT2D eigenvalue weighted by molar-refractivity contribution is 5.79. The Labute approximate surface area is 115 Å². The highest BCUT2D eigenvalue weighted by Crippen LogP contribution is 2.22. The van der Waals surface area contributed by atoms with Crippen molar-refractivity contribution in [3.05, 3.63) is 35.9 Å². The summed E-state index contributed by atoms with van der Waals surface area (Å²) in [5.41, 5.74) is 6.86. The minimum Gasteiger partial charge on any atom is -0.334 e. The molecule has 1 saturated heterocycles. The quantitative estimate of drug-likeness (QED) is 0.887. The molecule has 0 aromatic heterocycles. The third kappa shape index (κ3) is 3.14. The van der Waals surface area contributed by atoms with Crippen molar-refractivity contribution in [2.75, 3.05) is 26.2 Å². The fraction of sp³-hybridized carbons (Fsp3) is 0.533. The summed E-state index contributed by atoms with van der Waals surface area (Å²) in [6.45, 7) is 6.93. The molecule has 0 bridgehead atoms. The number of hydrogen-bond donors (Lipinski definition) is 1. The van der Waals surface area contributed by atoms with Gasteiger partial charge in [-0.05, 0) is 19.4 Å². The summed E-state index contributed by atoms with van der Waals surface area (Å²) in [6, 6.07) is 10.6. The summed E-state index contributed by atoms with van der Waals surface area (Å²) in [5.74, 6) is 0.197. The number of benzene rings is 1. The summed E-state index contributed by atoms with van der Waals surface area (Å²) in [7, 11) is 0. The zero-order valence-corrected chi connectivity index (χ0v) is 11.7. The van der Waals surface area contributed by atoms with Crippen LogP contribution in [0.15, 0.2) is 30.3 Å². The Morgan fingerprint density at radius 3 is 2.47 bits per heavy atom. The van der Waals surface area contributed by atoms with E-state index < -0.39 is 0 Å². The van der Waals surface area contributed by atoms with Crippen LogP contribution in [0.25, 0.3) is 0 Å². The lowest BCUT2D eigenvalue weighted by atomic mass is 10.1. The van der Waals surface area contributed by atoms with E-state index >= 15 is 0 Å². The van der Waals surface area contributed by atoms with Gasteiger partial charge in [-0.3, -0.25) is 9.69 Å². The molecule has 1 aliphatic heterocycles. The normalized spacial score (nSPS) is 20.4. The largest absolute Gasteiger partial charge is 0.334 e. The second-order valence-corrected chi connectivity index (χ2v) is 5.23. The highest BCUT2D eigenvalue weighted by Gasteiger charge is 2.29. The first-order valence-electron chi connectivity index (χ1n) is 6.92. The van der Waals surface area contributed by atoms with Gasteiger partial charge in [0.15, 0.2) is 0 Å². The van der Waals surface area contributed by atoms with Gasteiger partial charge in [0.25, 0.3) is 0 Å². The van der Waals surface area contributed by atoms with E-state index in [1.165, 1.54) is 5.56 Å². The zero-order valence-electron chi connectivity index (χ0n) is 11.7. The molecule has 1 heterocycles. The number of hydrogen-bond acceptors (Lipinski definition) is 3. The molecule has 2 rings (SSSR count). The highest BCUT2D eigenvalue weighted by atomic mass is 16.2. The maximum atomic E-state index is 12.3. The van der Waals surface area contributed by atoms with E-state index in [1.54, 1.807) is 0 Å². The van der Waals surface area contributed by atoms with Crippen LogP contribution < -0.4 is 5.73 Å². The molecule has 2 N–H and O–H groups in total. The van der Waals surface area contributed by atoms with E-state index in [-0.39, 0.29) is 18.0 Å². The molecule has 1 aromatic rings. The van der Waals surface area contributed by atoms with E-state index in [0.717, 1.165) is 13.1 Å². The van der Waals surface area contributed by atoms with Gasteiger partial charge in [-0.15, -0.1) is 0 Å². The summed E-state index contributed by atoms with van der Waals surface area (Å²) < 4.78 is 0. The van der Waals surface area contributed by atoms with Crippen LogP contribution in [0.2, 0.25) is 0 Å². The Hall–Kier alpha value is -1.39. The molecule has 0 radical (unpaired) electrons. The average Bonchev–Trinajstić information content (AvgIpc) is 2.46. The van der Waals surface area contributed by atoms with Crippen molar-refractivity contribution < 1.29 is 4.79 Å². The van der Waals surface area contributed by atoms with Crippen LogP contribution in [0.4, 0.5) is 0 Å². The minimum atomic E-state index is 0.143. The van der Waals surface area contributed by atoms with E-state index in [1.807, 2.05) is 23.1 Å². The third-order valence-electron chi connectivity index (χ3n) is 4.00. The standard InChI is InChI=1S/C15H23N3O/c1-12(10-16)17-8-9-18(15(19)11-17)13(2)14-6-4-3-5-7-14/h3-7,12-13H,8-11,16H2,1-2H3. The molecule has 1 aliphatic rings. The molecule has 104 valence electrons. The SMILES string of the molecule is CC(CN)N1CCN(C(C)c2ccccc2)C(=O)C1. The van der Waals surface area contributed by atoms with Gasteiger partial charge in [-0.25, -0.2) is 0 Å². The molecule has 2 atom stereocenters. The number of piperazine rings is 1. The molecule has 19 heavy (non-hydrogen) atoms. The fourth-order valence-electron chi connectivity index (χ4n) is 2.55. The molecule has 1 fully saturated rings. The van der Waals surface area contributed by atoms with Crippen LogP contribution in [0.1, 0.15) is 25.5 Å². The summed E-state index contributed by atoms with van der Waals surface area (Å²) >= 11 is 0. The Balaban J connectivity index is 2.02. The molecule has 0 aliphatic carbocycles. The lowest BCUT2D eigenvalue weighted by molar-refractivity contribution is -0.139. The predicted molar refractivity (Wildman–Crippen MR) is 76.7 cm³/mol. The number of rotatable bonds is 4. The molecular weight excluding hydrogens is 238 g/mol. The minimum absolute atomic E-state index is 0.143. The van der Waals surface area contributed by atoms with Gasteiger partial charge in [0.05, 0.1) is 12.6 Å². The van der Waals surface area contributed by atoms with Crippen LogP contribution in [0.3, 0.4) is 0 Å². The van der Waals surface area contributed by atoms with Crippen molar-refractivity contribution in [2.45, 2.75) is 25.9 Å². The third-order valence-corrected chi connectivity index (χ3v) is 4.00. The lowest BCUT2D eigenvalue weighted by Gasteiger charge is -2.40. The monoisotopic (exact) mass is 261 g/mol. The Morgan fingerprint density at radius 2 is 1.89 bits per heavy atom. The van der Waals surface area contributed by atoms with Gasteiger partial charge in [0.2, 0.25) is 5.91 Å². The number of carbonyl (C=O) groups excluding carboxylic acids is 1. The second kappa shape index (κ2) is 6.17. The Bertz CT molecular complexity index is 421. The van der Waals surface area contributed by atoms with Crippen molar-refractivity contribution in [1.82, 2.24) is 9.80 Å². The van der Waals surface area contributed by atoms with Gasteiger partial charge in [-0.1, -0.05) is 30.3 Å². The number of amides is 1. The Morgan fingerprint density at radius 1 is 1.21 bits per heavy atom. The van der Waals surface area contributed by atoms with Crippen LogP contribution in [-0.4, -0.2) is 47.9 Å². The summed E-state index contributed by atoms with van der Waals surface area (Å²) in [6.07, 6.45) is 0. The van der Waals surface area contributed by atoms with Gasteiger partial charge in [0.1, 0.15) is 0 Å². The van der Waals surface area contributed by atoms with E-state index in [4.69, 9.17) is 5.73 Å². The molecule has 2 unspecified atom stereocenters. The number of nitrogens with two attached hydrogens (primary N) is 1. The zero-order chi connectivity index (χ0) is 13.8. The average molecular weight is 261 g/mol. The number of nitrogens with zero attached hydrogens (tertiary/aromatic N) is 2. The molecule has 0 saturated carbocycles. The molecule has 1 aromatic carbocycles. The fourth-order valence-corrected chi connectivity index (χ4v) is 2.55. The van der Waals surface area contributed by atoms with E-state index in [2.05, 4.69) is 30.9 Å². The van der Waals surface area contributed by atoms with Crippen molar-refractivity contribution in [1.29, 1.82) is 0 Å². The molecule has 4 heteroatoms. The maximum Gasteiger partial charge on any atom is 0.237 e. The van der Waals surface area contributed by atoms with Gasteiger partial charge in [0, 0.05) is 25.7 Å². The molecule has 0 spiro atoms. The first-order chi connectivity index (χ1) is 9.13. The van der Waals surface area contributed by atoms with E-state index in [9.17, 15) is 4.79 Å². The molecular formula is C15H23N3O. The first kappa shape index (κ1) is 14.0. The van der Waals surface area contributed by atoms with Crippen LogP contribution in [0.5, 0.6) is 0 Å². The molecule has 4 nitrogen and oxygen atoms in total. The van der Waals surface area contributed by atoms with Gasteiger partial charge in [-0.2, -0.15) is 0 Å². The van der Waals surface area contributed by atoms with Crippen LogP contribution in [0, 0.1) is 0 Å². The maximum absolute atomic E-state index is 12.3. The summed E-state index contributed by atoms with van der Waals surface area (Å²) in [4.78, 5) is 16.4. The first-order valence-corrected chi connectivity index (χ1v) is 6.92. The molecule has 1 amide bonds. The predicted octanol–water partition coefficient (Wildman–Crippen LogP) is 1.24. The van der Waals surface area contributed by atoms with Crippen molar-refractivity contribution in [3.63, 3.8) is 0 Å². The van der Waals surface area contributed by atoms with Crippen molar-refractivity contribution in [2.24, 2.45) is 5.73 Å². The smallest absolute Gasteiger partial charge is 0.237 e. The lowest BCUT2D eigenvalue weighted by Crippen LogP contribution is -2.54.